The van der Waals surface area contributed by atoms with Crippen molar-refractivity contribution in [3.8, 4) is 5.75 Å². The lowest BCUT2D eigenvalue weighted by Crippen LogP contribution is -2.45. The number of hydrogen-bond donors (Lipinski definition) is 1. The Bertz CT molecular complexity index is 892. The minimum absolute atomic E-state index is 0.0126. The van der Waals surface area contributed by atoms with Crippen molar-refractivity contribution in [2.45, 2.75) is 44.1 Å². The first-order valence-electron chi connectivity index (χ1n) is 11.7. The van der Waals surface area contributed by atoms with E-state index >= 15 is 0 Å². The lowest BCUT2D eigenvalue weighted by molar-refractivity contribution is -0.128. The van der Waals surface area contributed by atoms with Crippen LogP contribution in [0.15, 0.2) is 48.5 Å². The van der Waals surface area contributed by atoms with Gasteiger partial charge in [0, 0.05) is 26.2 Å². The van der Waals surface area contributed by atoms with Crippen LogP contribution in [0.4, 0.5) is 4.39 Å². The van der Waals surface area contributed by atoms with Crippen molar-refractivity contribution < 1.29 is 18.7 Å². The molecule has 2 aliphatic rings. The molecule has 4 rings (SSSR count). The van der Waals surface area contributed by atoms with Crippen molar-refractivity contribution in [1.82, 2.24) is 10.2 Å². The predicted molar refractivity (Wildman–Crippen MR) is 122 cm³/mol. The average molecular weight is 441 g/mol. The van der Waals surface area contributed by atoms with E-state index in [0.29, 0.717) is 13.2 Å². The number of rotatable bonds is 8. The molecule has 32 heavy (non-hydrogen) atoms. The molecule has 2 aromatic rings. The number of ether oxygens (including phenoxy) is 2. The number of hydrogen-bond acceptors (Lipinski definition) is 4. The summed E-state index contributed by atoms with van der Waals surface area (Å²) < 4.78 is 25.2. The Labute approximate surface area is 189 Å². The summed E-state index contributed by atoms with van der Waals surface area (Å²) in [6, 6.07) is 14.4. The monoisotopic (exact) mass is 440 g/mol. The fraction of sp³-hybridized carbons (Fsp3) is 0.500. The third-order valence-electron chi connectivity index (χ3n) is 6.65. The van der Waals surface area contributed by atoms with Crippen LogP contribution < -0.4 is 10.1 Å². The summed E-state index contributed by atoms with van der Waals surface area (Å²) in [7, 11) is 0. The van der Waals surface area contributed by atoms with E-state index in [-0.39, 0.29) is 11.7 Å². The van der Waals surface area contributed by atoms with Crippen molar-refractivity contribution in [2.75, 3.05) is 39.5 Å². The van der Waals surface area contributed by atoms with Crippen LogP contribution in [0.25, 0.3) is 0 Å². The van der Waals surface area contributed by atoms with Crippen molar-refractivity contribution in [3.05, 3.63) is 65.5 Å². The third-order valence-corrected chi connectivity index (χ3v) is 6.65. The molecule has 0 spiro atoms. The molecule has 2 aromatic carbocycles. The van der Waals surface area contributed by atoms with Crippen LogP contribution in [0, 0.1) is 5.82 Å². The Morgan fingerprint density at radius 2 is 1.84 bits per heavy atom. The SMILES string of the molecule is O=C(NCc1cccc(OCCN2CCOCC2)c1)C1(c2cccc(F)c2)CCCCC1. The summed E-state index contributed by atoms with van der Waals surface area (Å²) >= 11 is 0. The molecule has 1 saturated heterocycles. The first-order chi connectivity index (χ1) is 15.7. The van der Waals surface area contributed by atoms with Crippen LogP contribution in [0.5, 0.6) is 5.75 Å². The van der Waals surface area contributed by atoms with Gasteiger partial charge in [-0.15, -0.1) is 0 Å². The number of carbonyl (C=O) groups is 1. The summed E-state index contributed by atoms with van der Waals surface area (Å²) in [5, 5.41) is 3.12. The van der Waals surface area contributed by atoms with Crippen molar-refractivity contribution in [1.29, 1.82) is 0 Å². The van der Waals surface area contributed by atoms with Gasteiger partial charge < -0.3 is 14.8 Å². The molecule has 0 bridgehead atoms. The normalized spacial score (nSPS) is 18.8. The van der Waals surface area contributed by atoms with E-state index in [1.807, 2.05) is 30.3 Å². The summed E-state index contributed by atoms with van der Waals surface area (Å²) in [5.74, 6) is 0.506. The largest absolute Gasteiger partial charge is 0.492 e. The molecule has 1 aliphatic heterocycles. The zero-order valence-electron chi connectivity index (χ0n) is 18.7. The van der Waals surface area contributed by atoms with Gasteiger partial charge in [0.1, 0.15) is 18.2 Å². The highest BCUT2D eigenvalue weighted by Crippen LogP contribution is 2.40. The Morgan fingerprint density at radius 1 is 1.06 bits per heavy atom. The molecule has 172 valence electrons. The van der Waals surface area contributed by atoms with Crippen LogP contribution in [-0.4, -0.2) is 50.3 Å². The fourth-order valence-electron chi connectivity index (χ4n) is 4.80. The van der Waals surface area contributed by atoms with Crippen LogP contribution in [0.2, 0.25) is 0 Å². The van der Waals surface area contributed by atoms with Crippen LogP contribution in [0.1, 0.15) is 43.2 Å². The summed E-state index contributed by atoms with van der Waals surface area (Å²) in [4.78, 5) is 15.7. The van der Waals surface area contributed by atoms with Gasteiger partial charge in [0.25, 0.3) is 0 Å². The molecular formula is C26H33FN2O3. The van der Waals surface area contributed by atoms with E-state index in [2.05, 4.69) is 10.2 Å². The van der Waals surface area contributed by atoms with Crippen LogP contribution >= 0.6 is 0 Å². The second-order valence-corrected chi connectivity index (χ2v) is 8.79. The highest BCUT2D eigenvalue weighted by atomic mass is 19.1. The van der Waals surface area contributed by atoms with Gasteiger partial charge in [0.15, 0.2) is 0 Å². The molecule has 0 atom stereocenters. The maximum Gasteiger partial charge on any atom is 0.230 e. The van der Waals surface area contributed by atoms with Gasteiger partial charge in [-0.3, -0.25) is 9.69 Å². The zero-order valence-corrected chi connectivity index (χ0v) is 18.7. The second kappa shape index (κ2) is 10.9. The molecule has 6 heteroatoms. The summed E-state index contributed by atoms with van der Waals surface area (Å²) in [6.07, 6.45) is 4.60. The lowest BCUT2D eigenvalue weighted by atomic mass is 9.68. The van der Waals surface area contributed by atoms with Gasteiger partial charge in [0.2, 0.25) is 5.91 Å². The van der Waals surface area contributed by atoms with Crippen LogP contribution in [-0.2, 0) is 21.5 Å². The molecule has 5 nitrogen and oxygen atoms in total. The van der Waals surface area contributed by atoms with Crippen molar-refractivity contribution in [3.63, 3.8) is 0 Å². The van der Waals surface area contributed by atoms with Gasteiger partial charge in [-0.2, -0.15) is 0 Å². The molecular weight excluding hydrogens is 407 g/mol. The van der Waals surface area contributed by atoms with E-state index in [4.69, 9.17) is 9.47 Å². The molecule has 1 aliphatic carbocycles. The molecule has 1 N–H and O–H groups in total. The van der Waals surface area contributed by atoms with Gasteiger partial charge in [0.05, 0.1) is 18.6 Å². The Hall–Kier alpha value is -2.44. The Balaban J connectivity index is 1.35. The maximum atomic E-state index is 13.9. The Morgan fingerprint density at radius 3 is 2.62 bits per heavy atom. The minimum atomic E-state index is -0.646. The molecule has 0 aromatic heterocycles. The summed E-state index contributed by atoms with van der Waals surface area (Å²) in [6.45, 7) is 5.39. The lowest BCUT2D eigenvalue weighted by Gasteiger charge is -2.36. The van der Waals surface area contributed by atoms with Gasteiger partial charge in [-0.25, -0.2) is 4.39 Å². The number of benzene rings is 2. The zero-order chi connectivity index (χ0) is 22.2. The number of nitrogens with one attached hydrogen (secondary N) is 1. The smallest absolute Gasteiger partial charge is 0.230 e. The Kier molecular flexibility index (Phi) is 7.76. The standard InChI is InChI=1S/C26H33FN2O3/c27-23-8-5-7-22(19-23)26(10-2-1-3-11-26)25(30)28-20-21-6-4-9-24(18-21)32-17-14-29-12-15-31-16-13-29/h4-9,18-19H,1-3,10-17,20H2,(H,28,30). The maximum absolute atomic E-state index is 13.9. The highest BCUT2D eigenvalue weighted by molar-refractivity contribution is 5.88. The molecule has 1 heterocycles. The highest BCUT2D eigenvalue weighted by Gasteiger charge is 2.41. The first-order valence-corrected chi connectivity index (χ1v) is 11.7. The molecule has 2 fully saturated rings. The van der Waals surface area contributed by atoms with Crippen molar-refractivity contribution in [2.24, 2.45) is 0 Å². The quantitative estimate of drug-likeness (QED) is 0.673. The van der Waals surface area contributed by atoms with E-state index < -0.39 is 5.41 Å². The molecule has 0 unspecified atom stereocenters. The topological polar surface area (TPSA) is 50.8 Å². The van der Waals surface area contributed by atoms with E-state index in [9.17, 15) is 9.18 Å². The first kappa shape index (κ1) is 22.7. The number of nitrogens with zero attached hydrogens (tertiary/aromatic N) is 1. The molecule has 0 radical (unpaired) electrons. The number of halogens is 1. The number of morpholine rings is 1. The van der Waals surface area contributed by atoms with E-state index in [0.717, 1.165) is 81.8 Å². The second-order valence-electron chi connectivity index (χ2n) is 8.79. The van der Waals surface area contributed by atoms with Gasteiger partial charge in [-0.05, 0) is 48.2 Å². The molecule has 1 saturated carbocycles. The average Bonchev–Trinajstić information content (AvgIpc) is 2.84. The van der Waals surface area contributed by atoms with E-state index in [1.165, 1.54) is 12.1 Å². The molecule has 1 amide bonds. The summed E-state index contributed by atoms with van der Waals surface area (Å²) in [5.41, 5.74) is 1.13. The number of carbonyl (C=O) groups excluding carboxylic acids is 1. The van der Waals surface area contributed by atoms with Gasteiger partial charge >= 0.3 is 0 Å². The predicted octanol–water partition coefficient (Wildman–Crippen LogP) is 4.06. The minimum Gasteiger partial charge on any atom is -0.492 e. The van der Waals surface area contributed by atoms with Crippen LogP contribution in [0.3, 0.4) is 0 Å². The van der Waals surface area contributed by atoms with Gasteiger partial charge in [-0.1, -0.05) is 43.5 Å². The van der Waals surface area contributed by atoms with E-state index in [1.54, 1.807) is 6.07 Å². The van der Waals surface area contributed by atoms with Crippen molar-refractivity contribution >= 4 is 5.91 Å². The number of amides is 1. The third kappa shape index (κ3) is 5.67. The fourth-order valence-corrected chi connectivity index (χ4v) is 4.80.